The molecule has 2 aromatic heterocycles. The lowest BCUT2D eigenvalue weighted by Gasteiger charge is -2.37. The maximum atomic E-state index is 14.3. The summed E-state index contributed by atoms with van der Waals surface area (Å²) in [5.74, 6) is 0.800. The van der Waals surface area contributed by atoms with Crippen LogP contribution < -0.4 is 30.6 Å². The number of ether oxygens (including phenoxy) is 3. The van der Waals surface area contributed by atoms with E-state index in [-0.39, 0.29) is 33.7 Å². The number of fused-ring (bicyclic) bond motifs is 1. The van der Waals surface area contributed by atoms with Crippen LogP contribution in [0, 0.1) is 0 Å². The maximum Gasteiger partial charge on any atom is 0.259 e. The van der Waals surface area contributed by atoms with E-state index in [1.165, 1.54) is 20.3 Å². The van der Waals surface area contributed by atoms with Crippen LogP contribution in [0.15, 0.2) is 60.0 Å². The fraction of sp³-hybridized carbons (Fsp3) is 0.361. The molecular formula is C36H42Cl2N6O5. The molecule has 1 amide bonds. The highest BCUT2D eigenvalue weighted by molar-refractivity contribution is 6.41. The third-order valence-corrected chi connectivity index (χ3v) is 9.05. The van der Waals surface area contributed by atoms with Gasteiger partial charge in [0.05, 0.1) is 58.9 Å². The highest BCUT2D eigenvalue weighted by Gasteiger charge is 2.25. The van der Waals surface area contributed by atoms with Gasteiger partial charge in [-0.3, -0.25) is 9.59 Å². The molecule has 0 radical (unpaired) electrons. The van der Waals surface area contributed by atoms with Crippen molar-refractivity contribution < 1.29 is 19.0 Å². The van der Waals surface area contributed by atoms with Crippen molar-refractivity contribution in [3.63, 3.8) is 0 Å². The van der Waals surface area contributed by atoms with E-state index in [1.807, 2.05) is 52.2 Å². The molecule has 3 heterocycles. The van der Waals surface area contributed by atoms with Crippen molar-refractivity contribution in [3.8, 4) is 22.6 Å². The molecule has 0 bridgehead atoms. The van der Waals surface area contributed by atoms with Crippen molar-refractivity contribution in [1.29, 1.82) is 0 Å². The van der Waals surface area contributed by atoms with Gasteiger partial charge in [-0.2, -0.15) is 0 Å². The van der Waals surface area contributed by atoms with Gasteiger partial charge < -0.3 is 39.2 Å². The Labute approximate surface area is 296 Å². The number of pyridine rings is 2. The number of hydrogen-bond donors (Lipinski definition) is 2. The molecule has 0 saturated carbocycles. The number of carbonyl (C=O) groups is 1. The number of halogens is 2. The summed E-state index contributed by atoms with van der Waals surface area (Å²) in [6, 6.07) is 11.0. The number of nitrogens with one attached hydrogen (secondary N) is 2. The second-order valence-corrected chi connectivity index (χ2v) is 13.1. The molecule has 5 rings (SSSR count). The minimum atomic E-state index is -0.343. The SMILES string of the molecule is C=CC(=O)Nc1cc(N2C[C@@H](C)O[C@@H](C)C2)ccc1Nc1cc2c(cn1)cc(-c1c(Cl)c(OC)cc(OC)c1Cl)c(=O)n2CCCN(C)C. The fourth-order valence-electron chi connectivity index (χ4n) is 6.06. The van der Waals surface area contributed by atoms with Gasteiger partial charge in [0.2, 0.25) is 5.91 Å². The Morgan fingerprint density at radius 1 is 1.06 bits per heavy atom. The maximum absolute atomic E-state index is 14.3. The minimum absolute atomic E-state index is 0.0726. The zero-order valence-electron chi connectivity index (χ0n) is 28.6. The molecule has 1 aliphatic heterocycles. The van der Waals surface area contributed by atoms with E-state index in [1.54, 1.807) is 22.9 Å². The summed E-state index contributed by atoms with van der Waals surface area (Å²) < 4.78 is 18.6. The third-order valence-electron chi connectivity index (χ3n) is 8.30. The van der Waals surface area contributed by atoms with Crippen LogP contribution in [0.5, 0.6) is 11.5 Å². The molecule has 1 fully saturated rings. The highest BCUT2D eigenvalue weighted by atomic mass is 35.5. The highest BCUT2D eigenvalue weighted by Crippen LogP contribution is 2.45. The zero-order valence-corrected chi connectivity index (χ0v) is 30.1. The molecular weight excluding hydrogens is 667 g/mol. The van der Waals surface area contributed by atoms with Crippen LogP contribution in [-0.2, 0) is 16.1 Å². The lowest BCUT2D eigenvalue weighted by Crippen LogP contribution is -2.45. The monoisotopic (exact) mass is 708 g/mol. The second kappa shape index (κ2) is 15.5. The van der Waals surface area contributed by atoms with Gasteiger partial charge in [0.15, 0.2) is 0 Å². The summed E-state index contributed by atoms with van der Waals surface area (Å²) in [5, 5.41) is 7.38. The number of carbonyl (C=O) groups excluding carboxylic acids is 1. The smallest absolute Gasteiger partial charge is 0.259 e. The van der Waals surface area contributed by atoms with E-state index < -0.39 is 0 Å². The normalized spacial score (nSPS) is 16.1. The molecule has 2 aromatic carbocycles. The summed E-state index contributed by atoms with van der Waals surface area (Å²) in [4.78, 5) is 35.8. The minimum Gasteiger partial charge on any atom is -0.495 e. The molecule has 1 saturated heterocycles. The first-order chi connectivity index (χ1) is 23.4. The van der Waals surface area contributed by atoms with Gasteiger partial charge in [0.25, 0.3) is 5.56 Å². The molecule has 0 spiro atoms. The van der Waals surface area contributed by atoms with E-state index in [0.29, 0.717) is 63.7 Å². The topological polar surface area (TPSA) is 110 Å². The number of amides is 1. The number of methoxy groups -OCH3 is 2. The van der Waals surface area contributed by atoms with Crippen LogP contribution in [0.25, 0.3) is 22.0 Å². The number of morpholine rings is 1. The molecule has 2 N–H and O–H groups in total. The molecule has 260 valence electrons. The largest absolute Gasteiger partial charge is 0.495 e. The van der Waals surface area contributed by atoms with E-state index >= 15 is 0 Å². The predicted octanol–water partition coefficient (Wildman–Crippen LogP) is 6.82. The van der Waals surface area contributed by atoms with Crippen LogP contribution in [0.3, 0.4) is 0 Å². The van der Waals surface area contributed by atoms with Gasteiger partial charge in [-0.25, -0.2) is 4.98 Å². The summed E-state index contributed by atoms with van der Waals surface area (Å²) >= 11 is 13.5. The Hall–Kier alpha value is -4.29. The molecule has 11 nitrogen and oxygen atoms in total. The molecule has 0 unspecified atom stereocenters. The number of rotatable bonds is 12. The van der Waals surface area contributed by atoms with Crippen LogP contribution in [-0.4, -0.2) is 80.5 Å². The Kier molecular flexibility index (Phi) is 11.4. The van der Waals surface area contributed by atoms with Crippen molar-refractivity contribution >= 4 is 62.9 Å². The molecule has 1 aliphatic rings. The van der Waals surface area contributed by atoms with E-state index in [2.05, 4.69) is 27.0 Å². The molecule has 4 aromatic rings. The first kappa shape index (κ1) is 36.0. The molecule has 49 heavy (non-hydrogen) atoms. The quantitative estimate of drug-likeness (QED) is 0.153. The van der Waals surface area contributed by atoms with Crippen molar-refractivity contribution in [3.05, 3.63) is 75.6 Å². The van der Waals surface area contributed by atoms with Crippen LogP contribution in [0.1, 0.15) is 20.3 Å². The number of nitrogens with zero attached hydrogens (tertiary/aromatic N) is 4. The van der Waals surface area contributed by atoms with Gasteiger partial charge in [0.1, 0.15) is 17.3 Å². The Balaban J connectivity index is 1.60. The second-order valence-electron chi connectivity index (χ2n) is 12.3. The van der Waals surface area contributed by atoms with Gasteiger partial charge in [-0.15, -0.1) is 0 Å². The number of benzene rings is 2. The lowest BCUT2D eigenvalue weighted by atomic mass is 10.0. The van der Waals surface area contributed by atoms with E-state index in [4.69, 9.17) is 42.4 Å². The Morgan fingerprint density at radius 2 is 1.73 bits per heavy atom. The average Bonchev–Trinajstić information content (AvgIpc) is 3.06. The summed E-state index contributed by atoms with van der Waals surface area (Å²) in [6.45, 7) is 10.3. The van der Waals surface area contributed by atoms with Crippen LogP contribution in [0.2, 0.25) is 10.0 Å². The molecule has 2 atom stereocenters. The van der Waals surface area contributed by atoms with Gasteiger partial charge in [-0.1, -0.05) is 29.8 Å². The third kappa shape index (κ3) is 7.96. The summed E-state index contributed by atoms with van der Waals surface area (Å²) in [7, 11) is 6.95. The van der Waals surface area contributed by atoms with Crippen LogP contribution >= 0.6 is 23.2 Å². The van der Waals surface area contributed by atoms with Crippen LogP contribution in [0.4, 0.5) is 22.9 Å². The van der Waals surface area contributed by atoms with Crippen molar-refractivity contribution in [2.45, 2.75) is 39.0 Å². The van der Waals surface area contributed by atoms with Gasteiger partial charge in [-0.05, 0) is 71.2 Å². The van der Waals surface area contributed by atoms with Gasteiger partial charge in [0, 0.05) is 54.6 Å². The Morgan fingerprint density at radius 3 is 2.35 bits per heavy atom. The number of aryl methyl sites for hydroxylation is 1. The molecule has 0 aliphatic carbocycles. The number of anilines is 4. The van der Waals surface area contributed by atoms with Gasteiger partial charge >= 0.3 is 0 Å². The Bertz CT molecular complexity index is 1890. The van der Waals surface area contributed by atoms with E-state index in [0.717, 1.165) is 25.3 Å². The van der Waals surface area contributed by atoms with Crippen molar-refractivity contribution in [1.82, 2.24) is 14.5 Å². The fourth-order valence-corrected chi connectivity index (χ4v) is 6.77. The predicted molar refractivity (Wildman–Crippen MR) is 199 cm³/mol. The van der Waals surface area contributed by atoms with E-state index in [9.17, 15) is 9.59 Å². The van der Waals surface area contributed by atoms with Crippen molar-refractivity contribution in [2.75, 3.05) is 63.5 Å². The number of aromatic nitrogens is 2. The summed E-state index contributed by atoms with van der Waals surface area (Å²) in [5.41, 5.74) is 3.14. The lowest BCUT2D eigenvalue weighted by molar-refractivity contribution is -0.111. The van der Waals surface area contributed by atoms with Crippen molar-refractivity contribution in [2.24, 2.45) is 0 Å². The zero-order chi connectivity index (χ0) is 35.4. The standard InChI is InChI=1S/C36H42Cl2N6O5/c1-8-32(45)41-27-15-24(43-19-21(2)49-22(3)20-43)10-11-26(27)40-31-16-28-23(18-39-31)14-25(36(46)44(28)13-9-12-42(4)5)33-34(37)29(47-6)17-30(48-7)35(33)38/h8,10-11,14-18,21-22H,1,9,12-13,19-20H2,2-7H3,(H,39,40)(H,41,45)/t21-,22+. The first-order valence-electron chi connectivity index (χ1n) is 16.0. The summed E-state index contributed by atoms with van der Waals surface area (Å²) in [6.07, 6.45) is 3.77. The average molecular weight is 710 g/mol. The first-order valence-corrected chi connectivity index (χ1v) is 16.7. The number of hydrogen-bond acceptors (Lipinski definition) is 9. The molecule has 13 heteroatoms.